The van der Waals surface area contributed by atoms with Gasteiger partial charge in [-0.1, -0.05) is 39.7 Å². The molecular formula is C13H6Br2ClF3. The van der Waals surface area contributed by atoms with Crippen molar-refractivity contribution in [3.05, 3.63) is 68.4 Å². The van der Waals surface area contributed by atoms with E-state index in [1.165, 1.54) is 12.1 Å². The van der Waals surface area contributed by atoms with Crippen LogP contribution in [-0.4, -0.2) is 0 Å². The highest BCUT2D eigenvalue weighted by atomic mass is 79.9. The number of hydrogen-bond acceptors (Lipinski definition) is 0. The van der Waals surface area contributed by atoms with Gasteiger partial charge in [-0.25, -0.2) is 13.2 Å². The van der Waals surface area contributed by atoms with Gasteiger partial charge in [0.05, 0.1) is 9.30 Å². The molecule has 1 atom stereocenters. The molecule has 2 rings (SSSR count). The summed E-state index contributed by atoms with van der Waals surface area (Å²) in [6.45, 7) is 0. The van der Waals surface area contributed by atoms with E-state index < -0.39 is 22.3 Å². The lowest BCUT2D eigenvalue weighted by molar-refractivity contribution is 0.507. The van der Waals surface area contributed by atoms with Crippen LogP contribution in [0, 0.1) is 17.5 Å². The molecule has 0 aliphatic heterocycles. The Morgan fingerprint density at radius 3 is 2.26 bits per heavy atom. The summed E-state index contributed by atoms with van der Waals surface area (Å²) in [5.74, 6) is -2.47. The average molecular weight is 414 g/mol. The highest BCUT2D eigenvalue weighted by Gasteiger charge is 2.20. The van der Waals surface area contributed by atoms with E-state index in [-0.39, 0.29) is 9.50 Å². The molecule has 0 fully saturated rings. The molecule has 0 spiro atoms. The van der Waals surface area contributed by atoms with Gasteiger partial charge in [0.25, 0.3) is 0 Å². The lowest BCUT2D eigenvalue weighted by Gasteiger charge is -2.15. The van der Waals surface area contributed by atoms with Crippen LogP contribution in [0.1, 0.15) is 16.0 Å². The first-order valence-corrected chi connectivity index (χ1v) is 7.23. The Morgan fingerprint density at radius 2 is 1.58 bits per heavy atom. The first-order chi connectivity index (χ1) is 8.91. The third kappa shape index (κ3) is 2.98. The van der Waals surface area contributed by atoms with Crippen LogP contribution in [0.2, 0.25) is 5.02 Å². The van der Waals surface area contributed by atoms with Crippen molar-refractivity contribution in [3.63, 3.8) is 0 Å². The summed E-state index contributed by atoms with van der Waals surface area (Å²) in [6, 6.07) is 6.36. The molecule has 100 valence electrons. The third-order valence-electron chi connectivity index (χ3n) is 2.57. The number of hydrogen-bond donors (Lipinski definition) is 0. The average Bonchev–Trinajstić information content (AvgIpc) is 2.36. The Hall–Kier alpha value is -0.520. The van der Waals surface area contributed by atoms with Crippen LogP contribution in [-0.2, 0) is 0 Å². The summed E-state index contributed by atoms with van der Waals surface area (Å²) < 4.78 is 40.0. The maximum Gasteiger partial charge on any atom is 0.160 e. The van der Waals surface area contributed by atoms with Crippen LogP contribution < -0.4 is 0 Å². The van der Waals surface area contributed by atoms with E-state index in [4.69, 9.17) is 11.6 Å². The number of halogens is 6. The summed E-state index contributed by atoms with van der Waals surface area (Å²) >= 11 is 12.3. The summed E-state index contributed by atoms with van der Waals surface area (Å²) in [5, 5.41) is 0.0666. The fraction of sp³-hybridized carbons (Fsp3) is 0.0769. The Bertz CT molecular complexity index is 632. The van der Waals surface area contributed by atoms with Crippen LogP contribution >= 0.6 is 43.5 Å². The maximum absolute atomic E-state index is 13.5. The molecule has 0 heterocycles. The van der Waals surface area contributed by atoms with Crippen LogP contribution in [0.15, 0.2) is 34.8 Å². The van der Waals surface area contributed by atoms with Gasteiger partial charge < -0.3 is 0 Å². The second-order valence-corrected chi connectivity index (χ2v) is 5.91. The summed E-state index contributed by atoms with van der Waals surface area (Å²) in [5.41, 5.74) is 0.861. The first kappa shape index (κ1) is 14.9. The predicted molar refractivity (Wildman–Crippen MR) is 76.2 cm³/mol. The fourth-order valence-corrected chi connectivity index (χ4v) is 3.57. The largest absolute Gasteiger partial charge is 0.206 e. The molecule has 2 aromatic rings. The first-order valence-electron chi connectivity index (χ1n) is 5.14. The minimum atomic E-state index is -1.02. The monoisotopic (exact) mass is 412 g/mol. The second kappa shape index (κ2) is 5.85. The van der Waals surface area contributed by atoms with Crippen molar-refractivity contribution in [3.8, 4) is 0 Å². The SMILES string of the molecule is Fc1cc(Cl)c(C(Br)c2cccc(F)c2Br)cc1F. The molecule has 1 unspecified atom stereocenters. The molecule has 2 aromatic carbocycles. The highest BCUT2D eigenvalue weighted by Crippen LogP contribution is 2.39. The lowest BCUT2D eigenvalue weighted by Crippen LogP contribution is -1.99. The predicted octanol–water partition coefficient (Wildman–Crippen LogP) is 6.00. The molecule has 0 nitrogen and oxygen atoms in total. The van der Waals surface area contributed by atoms with Crippen LogP contribution in [0.25, 0.3) is 0 Å². The van der Waals surface area contributed by atoms with Gasteiger partial charge in [-0.15, -0.1) is 0 Å². The molecule has 0 aromatic heterocycles. The molecule has 0 saturated carbocycles. The zero-order valence-electron chi connectivity index (χ0n) is 9.23. The van der Waals surface area contributed by atoms with Crippen molar-refractivity contribution >= 4 is 43.5 Å². The van der Waals surface area contributed by atoms with E-state index >= 15 is 0 Å². The van der Waals surface area contributed by atoms with Crippen LogP contribution in [0.5, 0.6) is 0 Å². The van der Waals surface area contributed by atoms with Gasteiger partial charge >= 0.3 is 0 Å². The maximum atomic E-state index is 13.5. The Balaban J connectivity index is 2.53. The van der Waals surface area contributed by atoms with Gasteiger partial charge in [0.15, 0.2) is 11.6 Å². The number of alkyl halides is 1. The smallest absolute Gasteiger partial charge is 0.160 e. The summed E-state index contributed by atoms with van der Waals surface area (Å²) in [4.78, 5) is -0.555. The van der Waals surface area contributed by atoms with Gasteiger partial charge in [-0.05, 0) is 45.3 Å². The highest BCUT2D eigenvalue weighted by molar-refractivity contribution is 9.11. The molecule has 0 N–H and O–H groups in total. The zero-order chi connectivity index (χ0) is 14.2. The molecule has 6 heteroatoms. The Kier molecular flexibility index (Phi) is 4.58. The topological polar surface area (TPSA) is 0 Å². The third-order valence-corrected chi connectivity index (χ3v) is 4.72. The minimum Gasteiger partial charge on any atom is -0.206 e. The van der Waals surface area contributed by atoms with Crippen molar-refractivity contribution in [1.29, 1.82) is 0 Å². The van der Waals surface area contributed by atoms with E-state index in [1.54, 1.807) is 6.07 Å². The fourth-order valence-electron chi connectivity index (χ4n) is 1.62. The number of rotatable bonds is 2. The molecule has 0 bridgehead atoms. The second-order valence-electron chi connectivity index (χ2n) is 3.79. The molecule has 0 aliphatic carbocycles. The van der Waals surface area contributed by atoms with Gasteiger partial charge in [0.2, 0.25) is 0 Å². The van der Waals surface area contributed by atoms with E-state index in [1.807, 2.05) is 0 Å². The Morgan fingerprint density at radius 1 is 0.947 bits per heavy atom. The molecule has 0 amide bonds. The molecule has 0 aliphatic rings. The van der Waals surface area contributed by atoms with Crippen molar-refractivity contribution in [2.75, 3.05) is 0 Å². The normalized spacial score (nSPS) is 12.5. The standard InChI is InChI=1S/C13H6Br2ClF3/c14-12(6-2-1-3-9(17)13(6)15)7-4-10(18)11(19)5-8(7)16/h1-5,12H. The van der Waals surface area contributed by atoms with Crippen molar-refractivity contribution < 1.29 is 13.2 Å². The Labute approximate surface area is 129 Å². The lowest BCUT2D eigenvalue weighted by atomic mass is 10.0. The quantitative estimate of drug-likeness (QED) is 0.417. The molecule has 19 heavy (non-hydrogen) atoms. The van der Waals surface area contributed by atoms with Crippen LogP contribution in [0.4, 0.5) is 13.2 Å². The van der Waals surface area contributed by atoms with Gasteiger partial charge in [0, 0.05) is 5.02 Å². The van der Waals surface area contributed by atoms with Gasteiger partial charge in [-0.2, -0.15) is 0 Å². The molecule has 0 saturated heterocycles. The van der Waals surface area contributed by atoms with E-state index in [0.717, 1.165) is 12.1 Å². The summed E-state index contributed by atoms with van der Waals surface area (Å²) in [6.07, 6.45) is 0. The van der Waals surface area contributed by atoms with Crippen molar-refractivity contribution in [2.24, 2.45) is 0 Å². The van der Waals surface area contributed by atoms with Crippen molar-refractivity contribution in [1.82, 2.24) is 0 Å². The molecular weight excluding hydrogens is 408 g/mol. The van der Waals surface area contributed by atoms with Crippen LogP contribution in [0.3, 0.4) is 0 Å². The molecule has 0 radical (unpaired) electrons. The van der Waals surface area contributed by atoms with Gasteiger partial charge in [0.1, 0.15) is 5.82 Å². The van der Waals surface area contributed by atoms with Crippen molar-refractivity contribution in [2.45, 2.75) is 4.83 Å². The minimum absolute atomic E-state index is 0.0666. The van der Waals surface area contributed by atoms with E-state index in [2.05, 4.69) is 31.9 Å². The summed E-state index contributed by atoms with van der Waals surface area (Å²) in [7, 11) is 0. The van der Waals surface area contributed by atoms with E-state index in [0.29, 0.717) is 11.1 Å². The number of benzene rings is 2. The van der Waals surface area contributed by atoms with Gasteiger partial charge in [-0.3, -0.25) is 0 Å². The van der Waals surface area contributed by atoms with E-state index in [9.17, 15) is 13.2 Å². The zero-order valence-corrected chi connectivity index (χ0v) is 13.2.